The normalized spacial score (nSPS) is 14.9. The largest absolute Gasteiger partial charge is 0.493 e. The van der Waals surface area contributed by atoms with Crippen LogP contribution in [0.4, 0.5) is 0 Å². The minimum Gasteiger partial charge on any atom is -0.493 e. The first kappa shape index (κ1) is 19.3. The number of nitrogens with zero attached hydrogens (tertiary/aromatic N) is 1. The van der Waals surface area contributed by atoms with Crippen molar-refractivity contribution in [2.75, 3.05) is 13.7 Å². The highest BCUT2D eigenvalue weighted by Gasteiger charge is 2.37. The number of rotatable bonds is 9. The fraction of sp³-hybridized carbons (Fsp3) is 0.500. The first-order valence-electron chi connectivity index (χ1n) is 9.68. The van der Waals surface area contributed by atoms with E-state index in [0.29, 0.717) is 29.6 Å². The molecule has 3 rings (SSSR count). The molecule has 1 saturated carbocycles. The number of hydrogen-bond acceptors (Lipinski definition) is 4. The summed E-state index contributed by atoms with van der Waals surface area (Å²) in [4.78, 5) is 15.2. The SMILES string of the molecule is COc1cc(C(=O)N(C2CC2)C(C)c2ccco2)ccc1OCCC(C)C. The highest BCUT2D eigenvalue weighted by atomic mass is 16.5. The van der Waals surface area contributed by atoms with Crippen LogP contribution < -0.4 is 9.47 Å². The number of methoxy groups -OCH3 is 1. The van der Waals surface area contributed by atoms with Crippen molar-refractivity contribution in [3.63, 3.8) is 0 Å². The first-order chi connectivity index (χ1) is 13.0. The standard InChI is InChI=1S/C22H29NO4/c1-15(2)11-13-27-20-10-7-17(14-21(20)25-4)22(24)23(18-8-9-18)16(3)19-6-5-12-26-19/h5-7,10,12,14-16,18H,8-9,11,13H2,1-4H3. The number of ether oxygens (including phenoxy) is 2. The predicted molar refractivity (Wildman–Crippen MR) is 104 cm³/mol. The third-order valence-electron chi connectivity index (χ3n) is 4.91. The van der Waals surface area contributed by atoms with E-state index >= 15 is 0 Å². The van der Waals surface area contributed by atoms with Gasteiger partial charge in [0.05, 0.1) is 26.0 Å². The Morgan fingerprint density at radius 3 is 2.59 bits per heavy atom. The Morgan fingerprint density at radius 1 is 1.22 bits per heavy atom. The number of benzene rings is 1. The molecule has 1 amide bonds. The number of carbonyl (C=O) groups is 1. The number of hydrogen-bond donors (Lipinski definition) is 0. The molecule has 1 unspecified atom stereocenters. The second-order valence-electron chi connectivity index (χ2n) is 7.53. The summed E-state index contributed by atoms with van der Waals surface area (Å²) >= 11 is 0. The Morgan fingerprint density at radius 2 is 2.00 bits per heavy atom. The number of furan rings is 1. The molecule has 0 saturated heterocycles. The predicted octanol–water partition coefficient (Wildman–Crippen LogP) is 5.08. The zero-order valence-corrected chi connectivity index (χ0v) is 16.6. The molecule has 1 atom stereocenters. The lowest BCUT2D eigenvalue weighted by atomic mass is 10.1. The van der Waals surface area contributed by atoms with Gasteiger partial charge in [-0.25, -0.2) is 0 Å². The zero-order valence-electron chi connectivity index (χ0n) is 16.6. The van der Waals surface area contributed by atoms with E-state index in [4.69, 9.17) is 13.9 Å². The summed E-state index contributed by atoms with van der Waals surface area (Å²) < 4.78 is 16.8. The molecule has 2 aromatic rings. The van der Waals surface area contributed by atoms with Crippen LogP contribution in [-0.2, 0) is 0 Å². The van der Waals surface area contributed by atoms with Crippen LogP contribution in [0.2, 0.25) is 0 Å². The Bertz CT molecular complexity index is 750. The molecule has 0 radical (unpaired) electrons. The molecule has 1 heterocycles. The Kier molecular flexibility index (Phi) is 6.09. The summed E-state index contributed by atoms with van der Waals surface area (Å²) in [6.07, 6.45) is 4.68. The molecule has 1 fully saturated rings. The first-order valence-corrected chi connectivity index (χ1v) is 9.68. The van der Waals surface area contributed by atoms with Crippen LogP contribution in [0.15, 0.2) is 41.0 Å². The third-order valence-corrected chi connectivity index (χ3v) is 4.91. The van der Waals surface area contributed by atoms with E-state index in [1.807, 2.05) is 36.1 Å². The van der Waals surface area contributed by atoms with Crippen LogP contribution in [0.25, 0.3) is 0 Å². The van der Waals surface area contributed by atoms with Crippen molar-refractivity contribution in [3.8, 4) is 11.5 Å². The number of amides is 1. The van der Waals surface area contributed by atoms with Gasteiger partial charge in [-0.15, -0.1) is 0 Å². The van der Waals surface area contributed by atoms with Crippen molar-refractivity contribution in [2.24, 2.45) is 5.92 Å². The van der Waals surface area contributed by atoms with Crippen LogP contribution >= 0.6 is 0 Å². The van der Waals surface area contributed by atoms with Gasteiger partial charge in [0, 0.05) is 11.6 Å². The fourth-order valence-electron chi connectivity index (χ4n) is 3.15. The van der Waals surface area contributed by atoms with Gasteiger partial charge < -0.3 is 18.8 Å². The van der Waals surface area contributed by atoms with E-state index in [2.05, 4.69) is 13.8 Å². The Hall–Kier alpha value is -2.43. The van der Waals surface area contributed by atoms with Crippen molar-refractivity contribution in [1.29, 1.82) is 0 Å². The second kappa shape index (κ2) is 8.51. The smallest absolute Gasteiger partial charge is 0.254 e. The highest BCUT2D eigenvalue weighted by Crippen LogP contribution is 2.37. The van der Waals surface area contributed by atoms with E-state index < -0.39 is 0 Å². The summed E-state index contributed by atoms with van der Waals surface area (Å²) in [5, 5.41) is 0. The van der Waals surface area contributed by atoms with E-state index in [-0.39, 0.29) is 18.0 Å². The Balaban J connectivity index is 1.78. The highest BCUT2D eigenvalue weighted by molar-refractivity contribution is 5.95. The molecule has 1 aromatic carbocycles. The molecule has 5 heteroatoms. The third kappa shape index (κ3) is 4.65. The molecular weight excluding hydrogens is 342 g/mol. The average molecular weight is 371 g/mol. The van der Waals surface area contributed by atoms with E-state index in [0.717, 1.165) is 25.0 Å². The van der Waals surface area contributed by atoms with Crippen molar-refractivity contribution in [2.45, 2.75) is 52.1 Å². The van der Waals surface area contributed by atoms with Crippen molar-refractivity contribution < 1.29 is 18.7 Å². The van der Waals surface area contributed by atoms with Gasteiger partial charge >= 0.3 is 0 Å². The molecule has 146 valence electrons. The van der Waals surface area contributed by atoms with Crippen molar-refractivity contribution >= 4 is 5.91 Å². The van der Waals surface area contributed by atoms with Crippen LogP contribution in [0.1, 0.15) is 62.2 Å². The van der Waals surface area contributed by atoms with E-state index in [1.54, 1.807) is 19.4 Å². The summed E-state index contributed by atoms with van der Waals surface area (Å²) in [5.74, 6) is 2.63. The van der Waals surface area contributed by atoms with Gasteiger partial charge in [-0.3, -0.25) is 4.79 Å². The topological polar surface area (TPSA) is 51.9 Å². The van der Waals surface area contributed by atoms with Crippen LogP contribution in [0.3, 0.4) is 0 Å². The molecule has 0 spiro atoms. The van der Waals surface area contributed by atoms with Gasteiger partial charge in [0.25, 0.3) is 5.91 Å². The summed E-state index contributed by atoms with van der Waals surface area (Å²) in [6, 6.07) is 9.36. The molecular formula is C22H29NO4. The summed E-state index contributed by atoms with van der Waals surface area (Å²) in [7, 11) is 1.60. The lowest BCUT2D eigenvalue weighted by Gasteiger charge is -2.28. The molecule has 1 aliphatic rings. The van der Waals surface area contributed by atoms with Crippen molar-refractivity contribution in [3.05, 3.63) is 47.9 Å². The number of carbonyl (C=O) groups excluding carboxylic acids is 1. The minimum atomic E-state index is -0.104. The lowest BCUT2D eigenvalue weighted by molar-refractivity contribution is 0.0652. The maximum atomic E-state index is 13.2. The molecule has 0 N–H and O–H groups in total. The quantitative estimate of drug-likeness (QED) is 0.617. The van der Waals surface area contributed by atoms with Gasteiger partial charge in [0.2, 0.25) is 0 Å². The summed E-state index contributed by atoms with van der Waals surface area (Å²) in [6.45, 7) is 6.96. The molecule has 5 nitrogen and oxygen atoms in total. The van der Waals surface area contributed by atoms with Gasteiger partial charge in [0.15, 0.2) is 11.5 Å². The van der Waals surface area contributed by atoms with Crippen LogP contribution in [0, 0.1) is 5.92 Å². The molecule has 27 heavy (non-hydrogen) atoms. The summed E-state index contributed by atoms with van der Waals surface area (Å²) in [5.41, 5.74) is 0.605. The fourth-order valence-corrected chi connectivity index (χ4v) is 3.15. The second-order valence-corrected chi connectivity index (χ2v) is 7.53. The van der Waals surface area contributed by atoms with E-state index in [9.17, 15) is 4.79 Å². The van der Waals surface area contributed by atoms with E-state index in [1.165, 1.54) is 0 Å². The van der Waals surface area contributed by atoms with Gasteiger partial charge in [-0.2, -0.15) is 0 Å². The van der Waals surface area contributed by atoms with Crippen LogP contribution in [0.5, 0.6) is 11.5 Å². The van der Waals surface area contributed by atoms with Gasteiger partial charge in [-0.1, -0.05) is 13.8 Å². The monoisotopic (exact) mass is 371 g/mol. The van der Waals surface area contributed by atoms with Crippen molar-refractivity contribution in [1.82, 2.24) is 4.90 Å². The van der Waals surface area contributed by atoms with Gasteiger partial charge in [0.1, 0.15) is 5.76 Å². The molecule has 1 aromatic heterocycles. The zero-order chi connectivity index (χ0) is 19.4. The van der Waals surface area contributed by atoms with Crippen LogP contribution in [-0.4, -0.2) is 30.6 Å². The lowest BCUT2D eigenvalue weighted by Crippen LogP contribution is -2.35. The minimum absolute atomic E-state index is 0.00608. The Labute approximate surface area is 161 Å². The maximum Gasteiger partial charge on any atom is 0.254 e. The average Bonchev–Trinajstić information content (AvgIpc) is 3.32. The maximum absolute atomic E-state index is 13.2. The molecule has 0 aliphatic heterocycles. The van der Waals surface area contributed by atoms with Gasteiger partial charge in [-0.05, 0) is 62.4 Å². The molecule has 0 bridgehead atoms. The molecule has 1 aliphatic carbocycles.